The van der Waals surface area contributed by atoms with Gasteiger partial charge in [0.15, 0.2) is 5.78 Å². The van der Waals surface area contributed by atoms with Gasteiger partial charge in [0.2, 0.25) is 5.91 Å². The number of thiophene rings is 1. The summed E-state index contributed by atoms with van der Waals surface area (Å²) >= 11 is 7.28. The maximum atomic E-state index is 12.4. The largest absolute Gasteiger partial charge is 0.310 e. The SMILES string of the molecule is CC(=O)c1cc(CC(=O)Nc2c(C)cnn2Cc2ccc(Cl)cc2)cs1. The summed E-state index contributed by atoms with van der Waals surface area (Å²) in [4.78, 5) is 24.4. The smallest absolute Gasteiger partial charge is 0.229 e. The quantitative estimate of drug-likeness (QED) is 0.640. The van der Waals surface area contributed by atoms with Gasteiger partial charge in [0.1, 0.15) is 5.82 Å². The Morgan fingerprint density at radius 2 is 1.96 bits per heavy atom. The molecular formula is C19H18ClN3O2S. The molecule has 7 heteroatoms. The molecule has 0 spiro atoms. The van der Waals surface area contributed by atoms with Crippen LogP contribution in [0.1, 0.15) is 33.3 Å². The Morgan fingerprint density at radius 3 is 2.62 bits per heavy atom. The molecule has 3 rings (SSSR count). The van der Waals surface area contributed by atoms with E-state index in [-0.39, 0.29) is 18.1 Å². The first-order valence-electron chi connectivity index (χ1n) is 8.07. The van der Waals surface area contributed by atoms with Crippen molar-refractivity contribution in [2.45, 2.75) is 26.8 Å². The van der Waals surface area contributed by atoms with Gasteiger partial charge in [0.25, 0.3) is 0 Å². The Morgan fingerprint density at radius 1 is 1.23 bits per heavy atom. The van der Waals surface area contributed by atoms with E-state index in [9.17, 15) is 9.59 Å². The van der Waals surface area contributed by atoms with Gasteiger partial charge in [-0.1, -0.05) is 23.7 Å². The minimum atomic E-state index is -0.140. The molecule has 5 nitrogen and oxygen atoms in total. The zero-order valence-electron chi connectivity index (χ0n) is 14.5. The molecule has 0 atom stereocenters. The van der Waals surface area contributed by atoms with Crippen LogP contribution in [0.15, 0.2) is 41.9 Å². The maximum absolute atomic E-state index is 12.4. The van der Waals surface area contributed by atoms with Crippen LogP contribution in [-0.4, -0.2) is 21.5 Å². The first kappa shape index (κ1) is 18.4. The predicted octanol–water partition coefficient (Wildman–Crippen LogP) is 4.34. The molecule has 0 aliphatic rings. The molecule has 3 aromatic rings. The molecule has 0 saturated heterocycles. The molecule has 0 fully saturated rings. The van der Waals surface area contributed by atoms with E-state index in [1.807, 2.05) is 36.6 Å². The van der Waals surface area contributed by atoms with Crippen molar-refractivity contribution in [2.75, 3.05) is 5.32 Å². The lowest BCUT2D eigenvalue weighted by Crippen LogP contribution is -2.18. The Labute approximate surface area is 160 Å². The molecule has 0 saturated carbocycles. The number of amides is 1. The van der Waals surface area contributed by atoms with Gasteiger partial charge < -0.3 is 5.32 Å². The molecule has 0 unspecified atom stereocenters. The van der Waals surface area contributed by atoms with E-state index in [0.29, 0.717) is 22.3 Å². The number of nitrogens with one attached hydrogen (secondary N) is 1. The van der Waals surface area contributed by atoms with Crippen molar-refractivity contribution in [3.05, 3.63) is 68.5 Å². The third-order valence-electron chi connectivity index (χ3n) is 3.89. The minimum Gasteiger partial charge on any atom is -0.310 e. The molecule has 134 valence electrons. The number of hydrogen-bond acceptors (Lipinski definition) is 4. The standard InChI is InChI=1S/C19H18ClN3O2S/c1-12-9-21-23(10-14-3-5-16(20)6-4-14)19(12)22-18(25)8-15-7-17(13(2)24)26-11-15/h3-7,9,11H,8,10H2,1-2H3,(H,22,25). The van der Waals surface area contributed by atoms with Crippen LogP contribution in [0.25, 0.3) is 0 Å². The maximum Gasteiger partial charge on any atom is 0.229 e. The molecule has 1 aromatic carbocycles. The summed E-state index contributed by atoms with van der Waals surface area (Å²) in [6.07, 6.45) is 1.94. The van der Waals surface area contributed by atoms with Crippen LogP contribution in [0.3, 0.4) is 0 Å². The molecule has 1 N–H and O–H groups in total. The molecule has 0 radical (unpaired) electrons. The third kappa shape index (κ3) is 4.39. The predicted molar refractivity (Wildman–Crippen MR) is 104 cm³/mol. The number of benzene rings is 1. The molecule has 0 aliphatic heterocycles. The fourth-order valence-electron chi connectivity index (χ4n) is 2.54. The summed E-state index contributed by atoms with van der Waals surface area (Å²) < 4.78 is 1.76. The lowest BCUT2D eigenvalue weighted by atomic mass is 10.2. The number of aryl methyl sites for hydroxylation is 1. The van der Waals surface area contributed by atoms with Crippen LogP contribution in [0.2, 0.25) is 5.02 Å². The highest BCUT2D eigenvalue weighted by molar-refractivity contribution is 7.12. The molecular weight excluding hydrogens is 370 g/mol. The number of rotatable bonds is 6. The van der Waals surface area contributed by atoms with Gasteiger partial charge in [-0.05, 0) is 48.6 Å². The van der Waals surface area contributed by atoms with E-state index in [2.05, 4.69) is 10.4 Å². The normalized spacial score (nSPS) is 10.7. The van der Waals surface area contributed by atoms with Gasteiger partial charge in [0.05, 0.1) is 24.0 Å². The van der Waals surface area contributed by atoms with Crippen LogP contribution in [-0.2, 0) is 17.8 Å². The molecule has 0 bridgehead atoms. The topological polar surface area (TPSA) is 64.0 Å². The molecule has 0 aliphatic carbocycles. The number of Topliss-reactive ketones (excluding diaryl/α,β-unsaturated/α-hetero) is 1. The second kappa shape index (κ2) is 7.85. The van der Waals surface area contributed by atoms with Crippen molar-refractivity contribution in [3.8, 4) is 0 Å². The molecule has 2 aromatic heterocycles. The van der Waals surface area contributed by atoms with Gasteiger partial charge >= 0.3 is 0 Å². The number of carbonyl (C=O) groups excluding carboxylic acids is 2. The van der Waals surface area contributed by atoms with Crippen LogP contribution >= 0.6 is 22.9 Å². The second-order valence-electron chi connectivity index (χ2n) is 6.06. The lowest BCUT2D eigenvalue weighted by molar-refractivity contribution is -0.115. The first-order chi connectivity index (χ1) is 12.4. The average molecular weight is 388 g/mol. The van der Waals surface area contributed by atoms with Crippen molar-refractivity contribution in [3.63, 3.8) is 0 Å². The second-order valence-corrected chi connectivity index (χ2v) is 7.41. The van der Waals surface area contributed by atoms with Crippen LogP contribution in [0.5, 0.6) is 0 Å². The van der Waals surface area contributed by atoms with E-state index in [4.69, 9.17) is 11.6 Å². The molecule has 2 heterocycles. The highest BCUT2D eigenvalue weighted by atomic mass is 35.5. The van der Waals surface area contributed by atoms with Gasteiger partial charge in [-0.25, -0.2) is 4.68 Å². The van der Waals surface area contributed by atoms with Crippen molar-refractivity contribution < 1.29 is 9.59 Å². The monoisotopic (exact) mass is 387 g/mol. The Bertz CT molecular complexity index is 944. The Kier molecular flexibility index (Phi) is 5.54. The van der Waals surface area contributed by atoms with E-state index in [1.54, 1.807) is 16.9 Å². The highest BCUT2D eigenvalue weighted by Gasteiger charge is 2.13. The lowest BCUT2D eigenvalue weighted by Gasteiger charge is -2.10. The number of aromatic nitrogens is 2. The van der Waals surface area contributed by atoms with Crippen molar-refractivity contribution in [1.29, 1.82) is 0 Å². The fraction of sp³-hybridized carbons (Fsp3) is 0.211. The van der Waals surface area contributed by atoms with E-state index >= 15 is 0 Å². The van der Waals surface area contributed by atoms with E-state index in [1.165, 1.54) is 18.3 Å². The highest BCUT2D eigenvalue weighted by Crippen LogP contribution is 2.19. The van der Waals surface area contributed by atoms with Gasteiger partial charge in [-0.15, -0.1) is 11.3 Å². The molecule has 26 heavy (non-hydrogen) atoms. The minimum absolute atomic E-state index is 0.0125. The fourth-order valence-corrected chi connectivity index (χ4v) is 3.48. The number of halogens is 1. The Balaban J connectivity index is 1.70. The van der Waals surface area contributed by atoms with Gasteiger partial charge in [0, 0.05) is 10.6 Å². The van der Waals surface area contributed by atoms with Gasteiger partial charge in [-0.2, -0.15) is 5.10 Å². The number of hydrogen-bond donors (Lipinski definition) is 1. The third-order valence-corrected chi connectivity index (χ3v) is 5.22. The first-order valence-corrected chi connectivity index (χ1v) is 9.33. The van der Waals surface area contributed by atoms with Gasteiger partial charge in [-0.3, -0.25) is 9.59 Å². The van der Waals surface area contributed by atoms with Crippen LogP contribution in [0.4, 0.5) is 5.82 Å². The summed E-state index contributed by atoms with van der Waals surface area (Å²) in [7, 11) is 0. The Hall–Kier alpha value is -2.44. The van der Waals surface area contributed by atoms with Crippen LogP contribution in [0, 0.1) is 6.92 Å². The zero-order chi connectivity index (χ0) is 18.7. The number of anilines is 1. The summed E-state index contributed by atoms with van der Waals surface area (Å²) in [5.41, 5.74) is 2.76. The summed E-state index contributed by atoms with van der Waals surface area (Å²) in [5.74, 6) is 0.546. The number of carbonyl (C=O) groups is 2. The van der Waals surface area contributed by atoms with Crippen molar-refractivity contribution in [1.82, 2.24) is 9.78 Å². The summed E-state index contributed by atoms with van der Waals surface area (Å²) in [6, 6.07) is 9.28. The summed E-state index contributed by atoms with van der Waals surface area (Å²) in [6.45, 7) is 3.96. The number of ketones is 1. The summed E-state index contributed by atoms with van der Waals surface area (Å²) in [5, 5.41) is 9.80. The van der Waals surface area contributed by atoms with Crippen LogP contribution < -0.4 is 5.32 Å². The van der Waals surface area contributed by atoms with Crippen molar-refractivity contribution >= 4 is 40.4 Å². The molecule has 1 amide bonds. The van der Waals surface area contributed by atoms with E-state index < -0.39 is 0 Å². The number of nitrogens with zero attached hydrogens (tertiary/aromatic N) is 2. The van der Waals surface area contributed by atoms with Crippen molar-refractivity contribution in [2.24, 2.45) is 0 Å². The zero-order valence-corrected chi connectivity index (χ0v) is 16.0. The van der Waals surface area contributed by atoms with E-state index in [0.717, 1.165) is 16.7 Å². The average Bonchev–Trinajstić information content (AvgIpc) is 3.19.